The normalized spacial score (nSPS) is 11.9. The van der Waals surface area contributed by atoms with Gasteiger partial charge in [-0.15, -0.1) is 0 Å². The van der Waals surface area contributed by atoms with E-state index in [0.717, 1.165) is 8.78 Å². The van der Waals surface area contributed by atoms with E-state index in [1.165, 1.54) is 19.2 Å². The van der Waals surface area contributed by atoms with Crippen molar-refractivity contribution in [1.82, 2.24) is 14.5 Å². The van der Waals surface area contributed by atoms with E-state index >= 15 is 0 Å². The molecule has 0 spiro atoms. The van der Waals surface area contributed by atoms with E-state index in [-0.39, 0.29) is 17.3 Å². The molecule has 8 heteroatoms. The van der Waals surface area contributed by atoms with Gasteiger partial charge in [0.2, 0.25) is 15.9 Å². The van der Waals surface area contributed by atoms with Crippen LogP contribution in [-0.2, 0) is 14.8 Å². The number of rotatable bonds is 7. The van der Waals surface area contributed by atoms with Gasteiger partial charge in [0, 0.05) is 24.6 Å². The zero-order chi connectivity index (χ0) is 16.0. The minimum Gasteiger partial charge on any atom is -0.354 e. The molecule has 1 rings (SSSR count). The Morgan fingerprint density at radius 2 is 1.76 bits per heavy atom. The quantitative estimate of drug-likeness (QED) is 0.760. The molecular formula is C13H20BrN3O3S. The molecule has 21 heavy (non-hydrogen) atoms. The van der Waals surface area contributed by atoms with E-state index in [4.69, 9.17) is 0 Å². The molecule has 0 fully saturated rings. The summed E-state index contributed by atoms with van der Waals surface area (Å²) in [4.78, 5) is 13.8. The van der Waals surface area contributed by atoms with Gasteiger partial charge in [-0.05, 0) is 38.4 Å². The predicted octanol–water partition coefficient (Wildman–Crippen LogP) is 0.747. The van der Waals surface area contributed by atoms with Crippen molar-refractivity contribution in [2.75, 3.05) is 40.8 Å². The van der Waals surface area contributed by atoms with Gasteiger partial charge >= 0.3 is 0 Å². The van der Waals surface area contributed by atoms with Gasteiger partial charge in [0.25, 0.3) is 0 Å². The molecular weight excluding hydrogens is 358 g/mol. The molecule has 1 aromatic rings. The van der Waals surface area contributed by atoms with Crippen LogP contribution in [0, 0.1) is 0 Å². The standard InChI is InChI=1S/C13H20BrN3O3S/c1-16(2)9-8-15-13(18)10-17(3)21(19,20)12-6-4-11(14)5-7-12/h4-7H,8-10H2,1-3H3,(H,15,18). The summed E-state index contributed by atoms with van der Waals surface area (Å²) in [7, 11) is 1.54. The minimum atomic E-state index is -3.65. The smallest absolute Gasteiger partial charge is 0.243 e. The number of hydrogen-bond acceptors (Lipinski definition) is 4. The molecule has 0 radical (unpaired) electrons. The second kappa shape index (κ2) is 7.88. The average molecular weight is 378 g/mol. The van der Waals surface area contributed by atoms with Crippen molar-refractivity contribution in [2.45, 2.75) is 4.90 Å². The summed E-state index contributed by atoms with van der Waals surface area (Å²) in [5.74, 6) is -0.319. The summed E-state index contributed by atoms with van der Waals surface area (Å²) in [5, 5.41) is 2.68. The highest BCUT2D eigenvalue weighted by atomic mass is 79.9. The highest BCUT2D eigenvalue weighted by Crippen LogP contribution is 2.17. The Morgan fingerprint density at radius 3 is 2.29 bits per heavy atom. The Kier molecular flexibility index (Phi) is 6.79. The van der Waals surface area contributed by atoms with Crippen molar-refractivity contribution in [1.29, 1.82) is 0 Å². The lowest BCUT2D eigenvalue weighted by molar-refractivity contribution is -0.121. The number of halogens is 1. The third-order valence-corrected chi connectivity index (χ3v) is 5.12. The Hall–Kier alpha value is -0.960. The van der Waals surface area contributed by atoms with E-state index in [0.29, 0.717) is 13.1 Å². The van der Waals surface area contributed by atoms with E-state index in [1.807, 2.05) is 19.0 Å². The summed E-state index contributed by atoms with van der Waals surface area (Å²) in [6.07, 6.45) is 0. The fourth-order valence-corrected chi connectivity index (χ4v) is 2.94. The second-order valence-electron chi connectivity index (χ2n) is 4.87. The van der Waals surface area contributed by atoms with Crippen LogP contribution in [0.4, 0.5) is 0 Å². The summed E-state index contributed by atoms with van der Waals surface area (Å²) in [6, 6.07) is 6.30. The van der Waals surface area contributed by atoms with Gasteiger partial charge in [0.15, 0.2) is 0 Å². The minimum absolute atomic E-state index is 0.161. The molecule has 118 valence electrons. The number of nitrogens with one attached hydrogen (secondary N) is 1. The number of nitrogens with zero attached hydrogens (tertiary/aromatic N) is 2. The van der Waals surface area contributed by atoms with Crippen LogP contribution in [0.2, 0.25) is 0 Å². The third kappa shape index (κ3) is 5.74. The second-order valence-corrected chi connectivity index (χ2v) is 7.83. The molecule has 0 atom stereocenters. The van der Waals surface area contributed by atoms with Crippen LogP contribution in [0.15, 0.2) is 33.6 Å². The first-order valence-corrected chi connectivity index (χ1v) is 8.60. The van der Waals surface area contributed by atoms with Crippen molar-refractivity contribution in [3.63, 3.8) is 0 Å². The first kappa shape index (κ1) is 18.1. The van der Waals surface area contributed by atoms with Gasteiger partial charge in [-0.2, -0.15) is 4.31 Å². The predicted molar refractivity (Wildman–Crippen MR) is 85.5 cm³/mol. The number of carbonyl (C=O) groups excluding carboxylic acids is 1. The summed E-state index contributed by atoms with van der Waals surface area (Å²) in [5.41, 5.74) is 0. The van der Waals surface area contributed by atoms with E-state index < -0.39 is 10.0 Å². The van der Waals surface area contributed by atoms with Crippen molar-refractivity contribution in [3.8, 4) is 0 Å². The van der Waals surface area contributed by atoms with Gasteiger partial charge in [-0.3, -0.25) is 4.79 Å². The molecule has 1 aromatic carbocycles. The lowest BCUT2D eigenvalue weighted by Gasteiger charge is -2.17. The monoisotopic (exact) mass is 377 g/mol. The highest BCUT2D eigenvalue weighted by molar-refractivity contribution is 9.10. The van der Waals surface area contributed by atoms with Crippen LogP contribution >= 0.6 is 15.9 Å². The van der Waals surface area contributed by atoms with Crippen LogP contribution in [0.25, 0.3) is 0 Å². The maximum atomic E-state index is 12.3. The number of hydrogen-bond donors (Lipinski definition) is 1. The largest absolute Gasteiger partial charge is 0.354 e. The lowest BCUT2D eigenvalue weighted by atomic mass is 10.4. The molecule has 0 saturated heterocycles. The number of likely N-dealkylation sites (N-methyl/N-ethyl adjacent to an activating group) is 2. The molecule has 0 aromatic heterocycles. The molecule has 0 saturated carbocycles. The van der Waals surface area contributed by atoms with E-state index in [9.17, 15) is 13.2 Å². The molecule has 0 aliphatic rings. The maximum absolute atomic E-state index is 12.3. The molecule has 0 aliphatic carbocycles. The van der Waals surface area contributed by atoms with Crippen LogP contribution < -0.4 is 5.32 Å². The van der Waals surface area contributed by atoms with Crippen molar-refractivity contribution in [2.24, 2.45) is 0 Å². The van der Waals surface area contributed by atoms with Crippen LogP contribution in [-0.4, -0.2) is 64.3 Å². The van der Waals surface area contributed by atoms with Gasteiger partial charge in [-0.1, -0.05) is 15.9 Å². The number of benzene rings is 1. The SMILES string of the molecule is CN(C)CCNC(=O)CN(C)S(=O)(=O)c1ccc(Br)cc1. The number of amides is 1. The van der Waals surface area contributed by atoms with Crippen LogP contribution in [0.3, 0.4) is 0 Å². The van der Waals surface area contributed by atoms with Crippen LogP contribution in [0.5, 0.6) is 0 Å². The summed E-state index contributed by atoms with van der Waals surface area (Å²) < 4.78 is 26.4. The van der Waals surface area contributed by atoms with Crippen LogP contribution in [0.1, 0.15) is 0 Å². The molecule has 1 amide bonds. The van der Waals surface area contributed by atoms with Crippen molar-refractivity contribution < 1.29 is 13.2 Å². The number of carbonyl (C=O) groups is 1. The first-order chi connectivity index (χ1) is 9.73. The highest BCUT2D eigenvalue weighted by Gasteiger charge is 2.22. The zero-order valence-electron chi connectivity index (χ0n) is 12.3. The fraction of sp³-hybridized carbons (Fsp3) is 0.462. The van der Waals surface area contributed by atoms with E-state index in [2.05, 4.69) is 21.2 Å². The van der Waals surface area contributed by atoms with Crippen molar-refractivity contribution >= 4 is 31.9 Å². The molecule has 0 heterocycles. The Bertz CT molecular complexity index is 573. The number of sulfonamides is 1. The Morgan fingerprint density at radius 1 is 1.19 bits per heavy atom. The van der Waals surface area contributed by atoms with Gasteiger partial charge < -0.3 is 10.2 Å². The molecule has 6 nitrogen and oxygen atoms in total. The van der Waals surface area contributed by atoms with Gasteiger partial charge in [0.05, 0.1) is 11.4 Å². The van der Waals surface area contributed by atoms with Crippen molar-refractivity contribution in [3.05, 3.63) is 28.7 Å². The Labute approximate surface area is 134 Å². The Balaban J connectivity index is 2.63. The molecule has 0 bridgehead atoms. The molecule has 0 unspecified atom stereocenters. The van der Waals surface area contributed by atoms with E-state index in [1.54, 1.807) is 12.1 Å². The lowest BCUT2D eigenvalue weighted by Crippen LogP contribution is -2.40. The topological polar surface area (TPSA) is 69.7 Å². The maximum Gasteiger partial charge on any atom is 0.243 e. The van der Waals surface area contributed by atoms with Gasteiger partial charge in [0.1, 0.15) is 0 Å². The third-order valence-electron chi connectivity index (χ3n) is 2.77. The average Bonchev–Trinajstić information content (AvgIpc) is 2.38. The zero-order valence-corrected chi connectivity index (χ0v) is 14.7. The first-order valence-electron chi connectivity index (χ1n) is 6.37. The molecule has 1 N–H and O–H groups in total. The molecule has 0 aliphatic heterocycles. The summed E-state index contributed by atoms with van der Waals surface area (Å²) in [6.45, 7) is 0.985. The fourth-order valence-electron chi connectivity index (χ4n) is 1.55. The summed E-state index contributed by atoms with van der Waals surface area (Å²) >= 11 is 3.25. The van der Waals surface area contributed by atoms with Gasteiger partial charge in [-0.25, -0.2) is 8.42 Å².